The second-order valence-electron chi connectivity index (χ2n) is 7.65. The lowest BCUT2D eigenvalue weighted by atomic mass is 9.91. The van der Waals surface area contributed by atoms with Crippen molar-refractivity contribution >= 4 is 11.6 Å². The summed E-state index contributed by atoms with van der Waals surface area (Å²) in [5.41, 5.74) is 2.19. The van der Waals surface area contributed by atoms with E-state index in [9.17, 15) is 9.59 Å². The molecule has 1 fully saturated rings. The zero-order valence-electron chi connectivity index (χ0n) is 16.6. The zero-order chi connectivity index (χ0) is 20.8. The Balaban J connectivity index is 1.66. The van der Waals surface area contributed by atoms with Gasteiger partial charge in [0.25, 0.3) is 0 Å². The molecule has 2 aliphatic rings. The minimum atomic E-state index is -0.336. The van der Waals surface area contributed by atoms with Gasteiger partial charge in [0.15, 0.2) is 0 Å². The molecule has 0 spiro atoms. The Bertz CT molecular complexity index is 1240. The van der Waals surface area contributed by atoms with Crippen molar-refractivity contribution in [1.29, 1.82) is 0 Å². The third-order valence-corrected chi connectivity index (χ3v) is 6.29. The molecule has 7 heteroatoms. The van der Waals surface area contributed by atoms with Gasteiger partial charge >= 0.3 is 11.4 Å². The molecule has 1 aliphatic heterocycles. The number of halogens is 1. The lowest BCUT2D eigenvalue weighted by Crippen LogP contribution is -2.36. The Morgan fingerprint density at radius 3 is 2.43 bits per heavy atom. The number of rotatable bonds is 4. The highest BCUT2D eigenvalue weighted by Crippen LogP contribution is 2.48. The average molecular weight is 424 g/mol. The quantitative estimate of drug-likeness (QED) is 0.640. The number of para-hydroxylation sites is 1. The van der Waals surface area contributed by atoms with E-state index >= 15 is 0 Å². The molecule has 30 heavy (non-hydrogen) atoms. The number of benzene rings is 2. The van der Waals surface area contributed by atoms with Crippen LogP contribution in [-0.4, -0.2) is 20.5 Å². The summed E-state index contributed by atoms with van der Waals surface area (Å²) >= 11 is 6.08. The van der Waals surface area contributed by atoms with Gasteiger partial charge in [0.1, 0.15) is 12.3 Å². The van der Waals surface area contributed by atoms with E-state index < -0.39 is 0 Å². The van der Waals surface area contributed by atoms with Gasteiger partial charge in [-0.3, -0.25) is 0 Å². The first-order valence-corrected chi connectivity index (χ1v) is 10.6. The fourth-order valence-corrected chi connectivity index (χ4v) is 4.94. The third kappa shape index (κ3) is 2.86. The summed E-state index contributed by atoms with van der Waals surface area (Å²) in [4.78, 5) is 26.5. The number of fused-ring (bicyclic) bond motifs is 3. The first-order valence-electron chi connectivity index (χ1n) is 10.2. The number of ether oxygens (including phenoxy) is 1. The van der Waals surface area contributed by atoms with Crippen LogP contribution in [0.3, 0.4) is 0 Å². The Morgan fingerprint density at radius 1 is 1.00 bits per heavy atom. The lowest BCUT2D eigenvalue weighted by Gasteiger charge is -2.28. The van der Waals surface area contributed by atoms with Gasteiger partial charge in [0, 0.05) is 16.5 Å². The zero-order valence-corrected chi connectivity index (χ0v) is 17.4. The lowest BCUT2D eigenvalue weighted by molar-refractivity contribution is 0.182. The SMILES string of the molecule is CCOC1=C2C(c3ccc(Cl)cc3)CCC2n2c(=O)n(-c3ccccc3)c(=O)n2C1. The highest BCUT2D eigenvalue weighted by molar-refractivity contribution is 6.30. The predicted molar refractivity (Wildman–Crippen MR) is 115 cm³/mol. The van der Waals surface area contributed by atoms with Gasteiger partial charge in [-0.2, -0.15) is 0 Å². The minimum absolute atomic E-state index is 0.143. The maximum atomic E-state index is 13.4. The molecule has 1 aliphatic carbocycles. The summed E-state index contributed by atoms with van der Waals surface area (Å²) in [7, 11) is 0. The van der Waals surface area contributed by atoms with E-state index in [1.165, 1.54) is 9.25 Å². The molecule has 0 radical (unpaired) electrons. The Labute approximate surface area is 178 Å². The van der Waals surface area contributed by atoms with Crippen molar-refractivity contribution in [3.8, 4) is 5.69 Å². The van der Waals surface area contributed by atoms with Gasteiger partial charge in [-0.05, 0) is 49.6 Å². The molecule has 6 nitrogen and oxygen atoms in total. The standard InChI is InChI=1S/C23H22ClN3O3/c1-2-30-20-14-25-22(28)26(17-6-4-3-5-7-17)23(29)27(25)19-13-12-18(21(19)20)15-8-10-16(24)11-9-15/h3-11,18-19H,2,12-14H2,1H3. The molecule has 2 heterocycles. The van der Waals surface area contributed by atoms with Crippen LogP contribution in [0.15, 0.2) is 75.5 Å². The van der Waals surface area contributed by atoms with Crippen LogP contribution in [0, 0.1) is 0 Å². The van der Waals surface area contributed by atoms with E-state index in [2.05, 4.69) is 0 Å². The third-order valence-electron chi connectivity index (χ3n) is 6.04. The first kappa shape index (κ1) is 19.0. The molecule has 0 amide bonds. The average Bonchev–Trinajstić information content (AvgIpc) is 3.29. The van der Waals surface area contributed by atoms with E-state index in [0.717, 1.165) is 29.7 Å². The molecule has 0 saturated heterocycles. The van der Waals surface area contributed by atoms with Crippen LogP contribution < -0.4 is 11.4 Å². The van der Waals surface area contributed by atoms with Gasteiger partial charge < -0.3 is 4.74 Å². The van der Waals surface area contributed by atoms with Crippen LogP contribution in [-0.2, 0) is 11.3 Å². The molecule has 0 bridgehead atoms. The van der Waals surface area contributed by atoms with Crippen molar-refractivity contribution in [2.75, 3.05) is 6.61 Å². The van der Waals surface area contributed by atoms with E-state index in [0.29, 0.717) is 17.3 Å². The summed E-state index contributed by atoms with van der Waals surface area (Å²) in [6.45, 7) is 2.71. The van der Waals surface area contributed by atoms with Gasteiger partial charge in [0.05, 0.1) is 18.3 Å². The first-order chi connectivity index (χ1) is 14.6. The number of allylic oxidation sites excluding steroid dienone is 2. The van der Waals surface area contributed by atoms with Crippen molar-refractivity contribution in [2.24, 2.45) is 0 Å². The number of hydrogen-bond donors (Lipinski definition) is 0. The Hall–Kier alpha value is -2.99. The van der Waals surface area contributed by atoms with Crippen LogP contribution in [0.25, 0.3) is 5.69 Å². The maximum Gasteiger partial charge on any atom is 0.352 e. The molecule has 0 N–H and O–H groups in total. The Kier molecular flexibility index (Phi) is 4.66. The molecule has 5 rings (SSSR count). The predicted octanol–water partition coefficient (Wildman–Crippen LogP) is 3.88. The van der Waals surface area contributed by atoms with Gasteiger partial charge in [-0.15, -0.1) is 0 Å². The molecule has 1 saturated carbocycles. The van der Waals surface area contributed by atoms with E-state index in [1.807, 2.05) is 49.4 Å². The highest BCUT2D eigenvalue weighted by atomic mass is 35.5. The molecule has 2 aromatic carbocycles. The van der Waals surface area contributed by atoms with Crippen molar-refractivity contribution in [3.05, 3.63) is 97.5 Å². The van der Waals surface area contributed by atoms with E-state index in [-0.39, 0.29) is 29.9 Å². The van der Waals surface area contributed by atoms with Crippen LogP contribution in [0.2, 0.25) is 5.02 Å². The summed E-state index contributed by atoms with van der Waals surface area (Å²) in [5.74, 6) is 0.942. The van der Waals surface area contributed by atoms with Crippen molar-refractivity contribution in [3.63, 3.8) is 0 Å². The smallest absolute Gasteiger partial charge is 0.352 e. The van der Waals surface area contributed by atoms with Crippen LogP contribution in [0.1, 0.15) is 37.3 Å². The van der Waals surface area contributed by atoms with Crippen LogP contribution in [0.5, 0.6) is 0 Å². The second kappa shape index (κ2) is 7.36. The van der Waals surface area contributed by atoms with Gasteiger partial charge in [0.2, 0.25) is 0 Å². The highest BCUT2D eigenvalue weighted by Gasteiger charge is 2.41. The minimum Gasteiger partial charge on any atom is -0.496 e. The fourth-order valence-electron chi connectivity index (χ4n) is 4.81. The van der Waals surface area contributed by atoms with Gasteiger partial charge in [-0.25, -0.2) is 23.5 Å². The maximum absolute atomic E-state index is 13.4. The summed E-state index contributed by atoms with van der Waals surface area (Å²) in [6, 6.07) is 16.7. The molecule has 2 atom stereocenters. The van der Waals surface area contributed by atoms with E-state index in [1.54, 1.807) is 16.8 Å². The van der Waals surface area contributed by atoms with E-state index in [4.69, 9.17) is 16.3 Å². The fraction of sp³-hybridized carbons (Fsp3) is 0.304. The number of hydrogen-bond acceptors (Lipinski definition) is 3. The van der Waals surface area contributed by atoms with Crippen LogP contribution >= 0.6 is 11.6 Å². The molecular weight excluding hydrogens is 402 g/mol. The Morgan fingerprint density at radius 2 is 1.73 bits per heavy atom. The monoisotopic (exact) mass is 423 g/mol. The summed E-state index contributed by atoms with van der Waals surface area (Å²) in [6.07, 6.45) is 1.66. The topological polar surface area (TPSA) is 58.2 Å². The number of nitrogens with zero attached hydrogens (tertiary/aromatic N) is 3. The van der Waals surface area contributed by atoms with Crippen molar-refractivity contribution < 1.29 is 4.74 Å². The van der Waals surface area contributed by atoms with Crippen molar-refractivity contribution in [1.82, 2.24) is 13.9 Å². The molecule has 3 aromatic rings. The largest absolute Gasteiger partial charge is 0.496 e. The molecule has 154 valence electrons. The summed E-state index contributed by atoms with van der Waals surface area (Å²) in [5, 5.41) is 0.695. The summed E-state index contributed by atoms with van der Waals surface area (Å²) < 4.78 is 10.4. The molecule has 2 unspecified atom stereocenters. The normalized spacial score (nSPS) is 20.2. The molecule has 1 aromatic heterocycles. The second-order valence-corrected chi connectivity index (χ2v) is 8.08. The molecular formula is C23H22ClN3O3. The number of aromatic nitrogens is 3. The van der Waals surface area contributed by atoms with Gasteiger partial charge in [-0.1, -0.05) is 41.9 Å². The van der Waals surface area contributed by atoms with Crippen molar-refractivity contribution in [2.45, 2.75) is 38.3 Å². The van der Waals surface area contributed by atoms with Crippen LogP contribution in [0.4, 0.5) is 0 Å².